The third-order valence-electron chi connectivity index (χ3n) is 2.98. The fourth-order valence-corrected chi connectivity index (χ4v) is 1.91. The van der Waals surface area contributed by atoms with Gasteiger partial charge in [-0.25, -0.2) is 14.3 Å². The first kappa shape index (κ1) is 18.7. The minimum Gasteiger partial charge on any atom is -0.462 e. The zero-order chi connectivity index (χ0) is 17.2. The molecule has 0 aliphatic carbocycles. The van der Waals surface area contributed by atoms with Crippen LogP contribution in [0.4, 0.5) is 5.82 Å². The van der Waals surface area contributed by atoms with Crippen molar-refractivity contribution < 1.29 is 19.1 Å². The summed E-state index contributed by atoms with van der Waals surface area (Å²) in [5.41, 5.74) is 0.681. The SMILES string of the molecule is CCCCn1nc(C)cc1NC=C(C(=O)OCC)C(=O)OCC. The molecule has 0 aliphatic rings. The van der Waals surface area contributed by atoms with Crippen molar-refractivity contribution in [3.63, 3.8) is 0 Å². The molecular weight excluding hydrogens is 298 g/mol. The molecule has 7 nitrogen and oxygen atoms in total. The van der Waals surface area contributed by atoms with Gasteiger partial charge in [0, 0.05) is 18.8 Å². The fraction of sp³-hybridized carbons (Fsp3) is 0.562. The Labute approximate surface area is 136 Å². The molecule has 0 amide bonds. The average molecular weight is 323 g/mol. The summed E-state index contributed by atoms with van der Waals surface area (Å²) in [5.74, 6) is -0.716. The number of ether oxygens (including phenoxy) is 2. The van der Waals surface area contributed by atoms with E-state index in [9.17, 15) is 9.59 Å². The van der Waals surface area contributed by atoms with E-state index in [0.29, 0.717) is 5.82 Å². The zero-order valence-electron chi connectivity index (χ0n) is 14.2. The van der Waals surface area contributed by atoms with Crippen molar-refractivity contribution >= 4 is 17.8 Å². The van der Waals surface area contributed by atoms with E-state index in [1.165, 1.54) is 6.20 Å². The summed E-state index contributed by atoms with van der Waals surface area (Å²) >= 11 is 0. The molecule has 1 heterocycles. The van der Waals surface area contributed by atoms with Crippen LogP contribution < -0.4 is 5.32 Å². The Hall–Kier alpha value is -2.31. The minimum atomic E-state index is -0.713. The lowest BCUT2D eigenvalue weighted by Gasteiger charge is -2.09. The van der Waals surface area contributed by atoms with E-state index < -0.39 is 11.9 Å². The lowest BCUT2D eigenvalue weighted by molar-refractivity contribution is -0.146. The van der Waals surface area contributed by atoms with E-state index in [0.717, 1.165) is 25.1 Å². The lowest BCUT2D eigenvalue weighted by Crippen LogP contribution is -2.20. The second kappa shape index (κ2) is 9.66. The number of carbonyl (C=O) groups is 2. The van der Waals surface area contributed by atoms with Gasteiger partial charge in [-0.3, -0.25) is 0 Å². The van der Waals surface area contributed by atoms with Crippen LogP contribution in [-0.2, 0) is 25.6 Å². The Morgan fingerprint density at radius 2 is 1.83 bits per heavy atom. The standard InChI is InChI=1S/C16H25N3O4/c1-5-8-9-19-14(10-12(4)18-19)17-11-13(15(20)22-6-2)16(21)23-7-3/h10-11,17H,5-9H2,1-4H3. The van der Waals surface area contributed by atoms with Crippen LogP contribution in [0.3, 0.4) is 0 Å². The number of unbranched alkanes of at least 4 members (excludes halogenated alkanes) is 1. The molecule has 0 unspecified atom stereocenters. The molecule has 0 aliphatic heterocycles. The zero-order valence-corrected chi connectivity index (χ0v) is 14.2. The Morgan fingerprint density at radius 3 is 2.35 bits per heavy atom. The molecule has 0 saturated heterocycles. The van der Waals surface area contributed by atoms with Crippen molar-refractivity contribution in [3.8, 4) is 0 Å². The Morgan fingerprint density at radius 1 is 1.22 bits per heavy atom. The van der Waals surface area contributed by atoms with Gasteiger partial charge in [-0.05, 0) is 27.2 Å². The van der Waals surface area contributed by atoms with Crippen molar-refractivity contribution in [2.45, 2.75) is 47.1 Å². The Bertz CT molecular complexity index is 544. The van der Waals surface area contributed by atoms with Crippen LogP contribution in [0.1, 0.15) is 39.3 Å². The molecule has 1 aromatic rings. The van der Waals surface area contributed by atoms with Crippen LogP contribution >= 0.6 is 0 Å². The smallest absolute Gasteiger partial charge is 0.347 e. The predicted octanol–water partition coefficient (Wildman–Crippen LogP) is 2.41. The average Bonchev–Trinajstić information content (AvgIpc) is 2.86. The van der Waals surface area contributed by atoms with Gasteiger partial charge in [0.05, 0.1) is 18.9 Å². The monoisotopic (exact) mass is 323 g/mol. The molecular formula is C16H25N3O4. The molecule has 0 radical (unpaired) electrons. The molecule has 7 heteroatoms. The number of nitrogens with zero attached hydrogens (tertiary/aromatic N) is 2. The molecule has 0 spiro atoms. The van der Waals surface area contributed by atoms with Crippen molar-refractivity contribution in [2.24, 2.45) is 0 Å². The lowest BCUT2D eigenvalue weighted by atomic mass is 10.3. The third-order valence-corrected chi connectivity index (χ3v) is 2.98. The van der Waals surface area contributed by atoms with Crippen LogP contribution in [0.5, 0.6) is 0 Å². The number of aromatic nitrogens is 2. The first-order valence-corrected chi connectivity index (χ1v) is 7.88. The summed E-state index contributed by atoms with van der Waals surface area (Å²) in [6.07, 6.45) is 3.35. The van der Waals surface area contributed by atoms with Gasteiger partial charge in [0.1, 0.15) is 5.82 Å². The number of hydrogen-bond acceptors (Lipinski definition) is 6. The van der Waals surface area contributed by atoms with Crippen LogP contribution in [0.15, 0.2) is 17.8 Å². The van der Waals surface area contributed by atoms with Gasteiger partial charge in [-0.1, -0.05) is 13.3 Å². The molecule has 0 aromatic carbocycles. The number of hydrogen-bond donors (Lipinski definition) is 1. The highest BCUT2D eigenvalue weighted by molar-refractivity contribution is 6.14. The highest BCUT2D eigenvalue weighted by Crippen LogP contribution is 2.13. The molecule has 23 heavy (non-hydrogen) atoms. The quantitative estimate of drug-likeness (QED) is 0.325. The highest BCUT2D eigenvalue weighted by atomic mass is 16.6. The summed E-state index contributed by atoms with van der Waals surface area (Å²) in [6, 6.07) is 1.85. The number of anilines is 1. The maximum atomic E-state index is 11.9. The number of rotatable bonds is 9. The molecule has 0 bridgehead atoms. The van der Waals surface area contributed by atoms with Crippen molar-refractivity contribution in [2.75, 3.05) is 18.5 Å². The maximum absolute atomic E-state index is 11.9. The van der Waals surface area contributed by atoms with Crippen LogP contribution in [0.2, 0.25) is 0 Å². The maximum Gasteiger partial charge on any atom is 0.347 e. The van der Waals surface area contributed by atoms with Crippen molar-refractivity contribution in [3.05, 3.63) is 23.5 Å². The van der Waals surface area contributed by atoms with E-state index in [1.54, 1.807) is 13.8 Å². The van der Waals surface area contributed by atoms with Crippen LogP contribution in [-0.4, -0.2) is 34.9 Å². The van der Waals surface area contributed by atoms with Gasteiger partial charge in [0.2, 0.25) is 0 Å². The highest BCUT2D eigenvalue weighted by Gasteiger charge is 2.21. The van der Waals surface area contributed by atoms with Gasteiger partial charge >= 0.3 is 11.9 Å². The van der Waals surface area contributed by atoms with Gasteiger partial charge in [0.25, 0.3) is 0 Å². The Kier molecular flexibility index (Phi) is 7.87. The van der Waals surface area contributed by atoms with Crippen LogP contribution in [0.25, 0.3) is 0 Å². The first-order valence-electron chi connectivity index (χ1n) is 7.88. The third kappa shape index (κ3) is 5.77. The molecule has 0 saturated carbocycles. The molecule has 1 N–H and O–H groups in total. The van der Waals surface area contributed by atoms with E-state index in [1.807, 2.05) is 17.7 Å². The number of carbonyl (C=O) groups excluding carboxylic acids is 2. The van der Waals surface area contributed by atoms with Gasteiger partial charge < -0.3 is 14.8 Å². The summed E-state index contributed by atoms with van der Waals surface area (Å²) in [4.78, 5) is 23.8. The van der Waals surface area contributed by atoms with E-state index in [-0.39, 0.29) is 18.8 Å². The number of esters is 2. The fourth-order valence-electron chi connectivity index (χ4n) is 1.91. The summed E-state index contributed by atoms with van der Waals surface area (Å²) in [6.45, 7) is 8.47. The minimum absolute atomic E-state index is 0.172. The molecule has 128 valence electrons. The second-order valence-electron chi connectivity index (χ2n) is 4.89. The van der Waals surface area contributed by atoms with E-state index >= 15 is 0 Å². The number of nitrogens with one attached hydrogen (secondary N) is 1. The molecule has 0 fully saturated rings. The largest absolute Gasteiger partial charge is 0.462 e. The normalized spacial score (nSPS) is 10.1. The number of aryl methyl sites for hydroxylation is 2. The Balaban J connectivity index is 2.95. The van der Waals surface area contributed by atoms with Gasteiger partial charge in [0.15, 0.2) is 5.57 Å². The summed E-state index contributed by atoms with van der Waals surface area (Å²) < 4.78 is 11.6. The van der Waals surface area contributed by atoms with Crippen molar-refractivity contribution in [1.82, 2.24) is 9.78 Å². The summed E-state index contributed by atoms with van der Waals surface area (Å²) in [7, 11) is 0. The van der Waals surface area contributed by atoms with E-state index in [2.05, 4.69) is 17.3 Å². The first-order chi connectivity index (χ1) is 11.0. The van der Waals surface area contributed by atoms with E-state index in [4.69, 9.17) is 9.47 Å². The van der Waals surface area contributed by atoms with Crippen LogP contribution in [0, 0.1) is 6.92 Å². The van der Waals surface area contributed by atoms with Gasteiger partial charge in [-0.15, -0.1) is 0 Å². The predicted molar refractivity (Wildman–Crippen MR) is 86.8 cm³/mol. The summed E-state index contributed by atoms with van der Waals surface area (Å²) in [5, 5.41) is 7.34. The van der Waals surface area contributed by atoms with Crippen molar-refractivity contribution in [1.29, 1.82) is 0 Å². The topological polar surface area (TPSA) is 82.5 Å². The second-order valence-corrected chi connectivity index (χ2v) is 4.89. The molecule has 1 aromatic heterocycles. The van der Waals surface area contributed by atoms with Gasteiger partial charge in [-0.2, -0.15) is 5.10 Å². The molecule has 1 rings (SSSR count). The molecule has 0 atom stereocenters.